The minimum Gasteiger partial charge on any atom is -0.497 e. The summed E-state index contributed by atoms with van der Waals surface area (Å²) in [6, 6.07) is 13.2. The van der Waals surface area contributed by atoms with E-state index in [1.165, 1.54) is 0 Å². The van der Waals surface area contributed by atoms with Gasteiger partial charge in [0.2, 0.25) is 0 Å². The number of terminal acetylenes is 1. The van der Waals surface area contributed by atoms with Gasteiger partial charge in [0.1, 0.15) is 12.4 Å². The summed E-state index contributed by atoms with van der Waals surface area (Å²) in [5.41, 5.74) is 1.89. The van der Waals surface area contributed by atoms with Crippen LogP contribution in [0.25, 0.3) is 0 Å². The second-order valence-electron chi connectivity index (χ2n) is 5.31. The standard InChI is InChI=1S/C20H22O4/c1-4-12-24-20-13-15(9-11-19(20)23-3)8-10-18(21)16-6-5-7-17(14-16)22-2/h1,5-7,9,11,13-14,18,21H,8,10,12H2,2-3H3/t18-/m1/s1. The molecule has 0 aliphatic rings. The zero-order valence-electron chi connectivity index (χ0n) is 14.0. The zero-order valence-corrected chi connectivity index (χ0v) is 14.0. The molecule has 1 atom stereocenters. The summed E-state index contributed by atoms with van der Waals surface area (Å²) in [6.07, 6.45) is 5.97. The van der Waals surface area contributed by atoms with Crippen LogP contribution in [0, 0.1) is 12.3 Å². The average molecular weight is 326 g/mol. The van der Waals surface area contributed by atoms with Crippen LogP contribution >= 0.6 is 0 Å². The van der Waals surface area contributed by atoms with Crippen molar-refractivity contribution in [2.75, 3.05) is 20.8 Å². The van der Waals surface area contributed by atoms with Crippen molar-refractivity contribution in [3.8, 4) is 29.6 Å². The quantitative estimate of drug-likeness (QED) is 0.756. The molecule has 0 unspecified atom stereocenters. The number of rotatable bonds is 8. The summed E-state index contributed by atoms with van der Waals surface area (Å²) in [7, 11) is 3.20. The van der Waals surface area contributed by atoms with E-state index in [0.717, 1.165) is 16.9 Å². The first-order chi connectivity index (χ1) is 11.7. The van der Waals surface area contributed by atoms with E-state index in [4.69, 9.17) is 20.6 Å². The van der Waals surface area contributed by atoms with Crippen molar-refractivity contribution in [3.63, 3.8) is 0 Å². The SMILES string of the molecule is C#CCOc1cc(CC[C@@H](O)c2cccc(OC)c2)ccc1OC. The predicted octanol–water partition coefficient (Wildman–Crippen LogP) is 3.38. The van der Waals surface area contributed by atoms with Crippen molar-refractivity contribution in [3.05, 3.63) is 53.6 Å². The lowest BCUT2D eigenvalue weighted by molar-refractivity contribution is 0.167. The van der Waals surface area contributed by atoms with Crippen LogP contribution in [-0.2, 0) is 6.42 Å². The van der Waals surface area contributed by atoms with Crippen LogP contribution in [0.1, 0.15) is 23.7 Å². The van der Waals surface area contributed by atoms with Gasteiger partial charge in [-0.25, -0.2) is 0 Å². The molecule has 0 fully saturated rings. The van der Waals surface area contributed by atoms with Crippen molar-refractivity contribution in [1.29, 1.82) is 0 Å². The Morgan fingerprint density at radius 3 is 2.62 bits per heavy atom. The maximum absolute atomic E-state index is 10.4. The van der Waals surface area contributed by atoms with Gasteiger partial charge in [0.25, 0.3) is 0 Å². The fourth-order valence-corrected chi connectivity index (χ4v) is 2.43. The van der Waals surface area contributed by atoms with Gasteiger partial charge in [-0.2, -0.15) is 0 Å². The fraction of sp³-hybridized carbons (Fsp3) is 0.300. The van der Waals surface area contributed by atoms with Gasteiger partial charge in [-0.3, -0.25) is 0 Å². The molecule has 0 amide bonds. The van der Waals surface area contributed by atoms with Crippen LogP contribution in [0.15, 0.2) is 42.5 Å². The summed E-state index contributed by atoms with van der Waals surface area (Å²) in [5, 5.41) is 10.4. The van der Waals surface area contributed by atoms with E-state index in [2.05, 4.69) is 5.92 Å². The molecule has 0 aliphatic heterocycles. The summed E-state index contributed by atoms with van der Waals surface area (Å²) < 4.78 is 15.9. The molecular formula is C20H22O4. The molecule has 2 aromatic rings. The van der Waals surface area contributed by atoms with Crippen LogP contribution in [0.2, 0.25) is 0 Å². The predicted molar refractivity (Wildman–Crippen MR) is 93.6 cm³/mol. The summed E-state index contributed by atoms with van der Waals surface area (Å²) in [5.74, 6) is 4.43. The molecule has 1 N–H and O–H groups in total. The van der Waals surface area contributed by atoms with Gasteiger partial charge < -0.3 is 19.3 Å². The molecular weight excluding hydrogens is 304 g/mol. The Hall–Kier alpha value is -2.64. The summed E-state index contributed by atoms with van der Waals surface area (Å²) >= 11 is 0. The number of benzene rings is 2. The molecule has 2 aromatic carbocycles. The lowest BCUT2D eigenvalue weighted by Gasteiger charge is -2.14. The topological polar surface area (TPSA) is 47.9 Å². The third kappa shape index (κ3) is 4.68. The molecule has 2 rings (SSSR count). The van der Waals surface area contributed by atoms with Gasteiger partial charge in [0.15, 0.2) is 11.5 Å². The second kappa shape index (κ2) is 8.85. The first-order valence-electron chi connectivity index (χ1n) is 7.73. The molecule has 0 saturated carbocycles. The van der Waals surface area contributed by atoms with Crippen molar-refractivity contribution < 1.29 is 19.3 Å². The third-order valence-electron chi connectivity index (χ3n) is 3.72. The van der Waals surface area contributed by atoms with Gasteiger partial charge in [-0.15, -0.1) is 6.42 Å². The number of aliphatic hydroxyl groups is 1. The molecule has 0 radical (unpaired) electrons. The minimum atomic E-state index is -0.558. The fourth-order valence-electron chi connectivity index (χ4n) is 2.43. The zero-order chi connectivity index (χ0) is 17.4. The molecule has 126 valence electrons. The third-order valence-corrected chi connectivity index (χ3v) is 3.72. The molecule has 4 heteroatoms. The number of aryl methyl sites for hydroxylation is 1. The van der Waals surface area contributed by atoms with Gasteiger partial charge in [0.05, 0.1) is 20.3 Å². The Kier molecular flexibility index (Phi) is 6.53. The van der Waals surface area contributed by atoms with E-state index in [-0.39, 0.29) is 6.61 Å². The molecule has 4 nitrogen and oxygen atoms in total. The van der Waals surface area contributed by atoms with Gasteiger partial charge >= 0.3 is 0 Å². The molecule has 0 heterocycles. The van der Waals surface area contributed by atoms with Gasteiger partial charge in [-0.1, -0.05) is 24.1 Å². The lowest BCUT2D eigenvalue weighted by atomic mass is 10.0. The van der Waals surface area contributed by atoms with Crippen molar-refractivity contribution in [2.24, 2.45) is 0 Å². The highest BCUT2D eigenvalue weighted by molar-refractivity contribution is 5.43. The Morgan fingerprint density at radius 1 is 1.08 bits per heavy atom. The van der Waals surface area contributed by atoms with E-state index in [1.807, 2.05) is 42.5 Å². The Bertz CT molecular complexity index is 703. The molecule has 0 aliphatic carbocycles. The van der Waals surface area contributed by atoms with Crippen LogP contribution in [0.4, 0.5) is 0 Å². The highest BCUT2D eigenvalue weighted by atomic mass is 16.5. The number of methoxy groups -OCH3 is 2. The van der Waals surface area contributed by atoms with E-state index in [9.17, 15) is 5.11 Å². The Morgan fingerprint density at radius 2 is 1.92 bits per heavy atom. The molecule has 0 spiro atoms. The van der Waals surface area contributed by atoms with Crippen LogP contribution in [0.5, 0.6) is 17.2 Å². The van der Waals surface area contributed by atoms with Crippen LogP contribution in [-0.4, -0.2) is 25.9 Å². The first-order valence-corrected chi connectivity index (χ1v) is 7.73. The number of hydrogen-bond acceptors (Lipinski definition) is 4. The average Bonchev–Trinajstić information content (AvgIpc) is 2.64. The Balaban J connectivity index is 2.04. The maximum Gasteiger partial charge on any atom is 0.162 e. The van der Waals surface area contributed by atoms with Gasteiger partial charge in [0, 0.05) is 0 Å². The number of ether oxygens (including phenoxy) is 3. The van der Waals surface area contributed by atoms with Gasteiger partial charge in [-0.05, 0) is 48.2 Å². The maximum atomic E-state index is 10.4. The molecule has 0 aromatic heterocycles. The summed E-state index contributed by atoms with van der Waals surface area (Å²) in [4.78, 5) is 0. The minimum absolute atomic E-state index is 0.187. The summed E-state index contributed by atoms with van der Waals surface area (Å²) in [6.45, 7) is 0.187. The van der Waals surface area contributed by atoms with E-state index in [1.54, 1.807) is 14.2 Å². The van der Waals surface area contributed by atoms with Crippen LogP contribution in [0.3, 0.4) is 0 Å². The lowest BCUT2D eigenvalue weighted by Crippen LogP contribution is -2.01. The van der Waals surface area contributed by atoms with Crippen molar-refractivity contribution in [2.45, 2.75) is 18.9 Å². The molecule has 24 heavy (non-hydrogen) atoms. The van der Waals surface area contributed by atoms with E-state index in [0.29, 0.717) is 24.3 Å². The van der Waals surface area contributed by atoms with E-state index < -0.39 is 6.10 Å². The Labute approximate surface area is 143 Å². The smallest absolute Gasteiger partial charge is 0.162 e. The van der Waals surface area contributed by atoms with Crippen molar-refractivity contribution >= 4 is 0 Å². The number of aliphatic hydroxyl groups excluding tert-OH is 1. The largest absolute Gasteiger partial charge is 0.497 e. The number of hydrogen-bond donors (Lipinski definition) is 1. The van der Waals surface area contributed by atoms with Crippen LogP contribution < -0.4 is 14.2 Å². The normalized spacial score (nSPS) is 11.4. The monoisotopic (exact) mass is 326 g/mol. The molecule has 0 saturated heterocycles. The van der Waals surface area contributed by atoms with Crippen molar-refractivity contribution in [1.82, 2.24) is 0 Å². The van der Waals surface area contributed by atoms with E-state index >= 15 is 0 Å². The highest BCUT2D eigenvalue weighted by Crippen LogP contribution is 2.30. The highest BCUT2D eigenvalue weighted by Gasteiger charge is 2.11. The first kappa shape index (κ1) is 17.7. The second-order valence-corrected chi connectivity index (χ2v) is 5.31. The molecule has 0 bridgehead atoms.